The average Bonchev–Trinajstić information content (AvgIpc) is 2.62. The molecule has 1 aromatic rings. The van der Waals surface area contributed by atoms with E-state index < -0.39 is 0 Å². The van der Waals surface area contributed by atoms with Gasteiger partial charge in [0.05, 0.1) is 6.54 Å². The third-order valence-corrected chi connectivity index (χ3v) is 4.13. The van der Waals surface area contributed by atoms with Crippen LogP contribution in [-0.2, 0) is 4.79 Å². The van der Waals surface area contributed by atoms with Crippen LogP contribution in [0.1, 0.15) is 12.0 Å². The molecule has 0 atom stereocenters. The molecule has 1 heterocycles. The minimum atomic E-state index is 0. The Morgan fingerprint density at radius 3 is 2.95 bits per heavy atom. The van der Waals surface area contributed by atoms with E-state index in [1.54, 1.807) is 0 Å². The second-order valence-corrected chi connectivity index (χ2v) is 5.75. The van der Waals surface area contributed by atoms with Crippen molar-refractivity contribution in [2.45, 2.75) is 13.3 Å². The van der Waals surface area contributed by atoms with Crippen LogP contribution in [-0.4, -0.2) is 43.5 Å². The quantitative estimate of drug-likeness (QED) is 0.868. The fourth-order valence-electron chi connectivity index (χ4n) is 2.19. The average molecular weight is 363 g/mol. The van der Waals surface area contributed by atoms with Gasteiger partial charge >= 0.3 is 0 Å². The molecule has 20 heavy (non-hydrogen) atoms. The Bertz CT molecular complexity index is 448. The summed E-state index contributed by atoms with van der Waals surface area (Å²) in [5.41, 5.74) is 1.98. The second-order valence-electron chi connectivity index (χ2n) is 4.89. The standard InChI is InChI=1S/C14H20BrN3O.ClH/c1-11-9-12(3-4-13(11)15)17-14(19)10-18-7-2-5-16-6-8-18;/h3-4,9,16H,2,5-8,10H2,1H3,(H,17,19);1H. The Morgan fingerprint density at radius 1 is 1.40 bits per heavy atom. The van der Waals surface area contributed by atoms with Crippen molar-refractivity contribution >= 4 is 39.9 Å². The van der Waals surface area contributed by atoms with Crippen LogP contribution in [0.25, 0.3) is 0 Å². The van der Waals surface area contributed by atoms with Crippen LogP contribution in [0.4, 0.5) is 5.69 Å². The number of halogens is 2. The van der Waals surface area contributed by atoms with Crippen LogP contribution in [0.5, 0.6) is 0 Å². The maximum absolute atomic E-state index is 12.0. The molecule has 112 valence electrons. The molecular weight excluding hydrogens is 342 g/mol. The number of hydrogen-bond donors (Lipinski definition) is 2. The molecule has 2 rings (SSSR count). The normalized spacial score (nSPS) is 16.1. The molecule has 0 unspecified atom stereocenters. The predicted octanol–water partition coefficient (Wildman–Crippen LogP) is 2.41. The highest BCUT2D eigenvalue weighted by molar-refractivity contribution is 9.10. The number of hydrogen-bond acceptors (Lipinski definition) is 3. The van der Waals surface area contributed by atoms with Crippen LogP contribution in [0.3, 0.4) is 0 Å². The number of nitrogens with zero attached hydrogens (tertiary/aromatic N) is 1. The van der Waals surface area contributed by atoms with E-state index in [1.165, 1.54) is 0 Å². The molecule has 0 radical (unpaired) electrons. The summed E-state index contributed by atoms with van der Waals surface area (Å²) in [5.74, 6) is 0.0589. The van der Waals surface area contributed by atoms with Crippen LogP contribution in [0, 0.1) is 6.92 Å². The lowest BCUT2D eigenvalue weighted by atomic mass is 10.2. The maximum atomic E-state index is 12.0. The SMILES string of the molecule is Cc1cc(NC(=O)CN2CCCNCC2)ccc1Br.Cl. The highest BCUT2D eigenvalue weighted by atomic mass is 79.9. The molecule has 0 spiro atoms. The van der Waals surface area contributed by atoms with Crippen LogP contribution in [0.15, 0.2) is 22.7 Å². The van der Waals surface area contributed by atoms with Gasteiger partial charge in [-0.25, -0.2) is 0 Å². The van der Waals surface area contributed by atoms with Gasteiger partial charge in [0.25, 0.3) is 0 Å². The number of anilines is 1. The Kier molecular flexibility index (Phi) is 7.51. The van der Waals surface area contributed by atoms with Crippen molar-refractivity contribution in [3.05, 3.63) is 28.2 Å². The molecule has 1 amide bonds. The summed E-state index contributed by atoms with van der Waals surface area (Å²) in [4.78, 5) is 14.2. The predicted molar refractivity (Wildman–Crippen MR) is 88.7 cm³/mol. The van der Waals surface area contributed by atoms with Gasteiger partial charge in [-0.15, -0.1) is 12.4 Å². The van der Waals surface area contributed by atoms with Crippen LogP contribution < -0.4 is 10.6 Å². The van der Waals surface area contributed by atoms with E-state index in [2.05, 4.69) is 31.5 Å². The van der Waals surface area contributed by atoms with E-state index in [9.17, 15) is 4.79 Å². The third-order valence-electron chi connectivity index (χ3n) is 3.24. The number of amides is 1. The zero-order valence-corrected chi connectivity index (χ0v) is 14.0. The van der Waals surface area contributed by atoms with Crippen LogP contribution in [0.2, 0.25) is 0 Å². The van der Waals surface area contributed by atoms with Crippen molar-refractivity contribution in [1.82, 2.24) is 10.2 Å². The number of carbonyl (C=O) groups is 1. The first-order valence-corrected chi connectivity index (χ1v) is 7.43. The Balaban J connectivity index is 0.00000200. The topological polar surface area (TPSA) is 44.4 Å². The van der Waals surface area contributed by atoms with Gasteiger partial charge in [0.15, 0.2) is 0 Å². The number of aryl methyl sites for hydroxylation is 1. The molecule has 0 aromatic heterocycles. The minimum absolute atomic E-state index is 0. The van der Waals surface area contributed by atoms with Crippen molar-refractivity contribution < 1.29 is 4.79 Å². The molecule has 6 heteroatoms. The lowest BCUT2D eigenvalue weighted by Gasteiger charge is -2.18. The molecular formula is C14H21BrClN3O. The monoisotopic (exact) mass is 361 g/mol. The van der Waals surface area contributed by atoms with Crippen molar-refractivity contribution in [2.75, 3.05) is 38.0 Å². The summed E-state index contributed by atoms with van der Waals surface area (Å²) in [6.07, 6.45) is 1.10. The molecule has 4 nitrogen and oxygen atoms in total. The second kappa shape index (κ2) is 8.62. The molecule has 1 fully saturated rings. The van der Waals surface area contributed by atoms with Gasteiger partial charge < -0.3 is 10.6 Å². The van der Waals surface area contributed by atoms with Crippen molar-refractivity contribution in [3.63, 3.8) is 0 Å². The first-order chi connectivity index (χ1) is 9.15. The fourth-order valence-corrected chi connectivity index (χ4v) is 2.43. The summed E-state index contributed by atoms with van der Waals surface area (Å²) in [7, 11) is 0. The van der Waals surface area contributed by atoms with Gasteiger partial charge in [0, 0.05) is 23.2 Å². The van der Waals surface area contributed by atoms with Gasteiger partial charge in [-0.2, -0.15) is 0 Å². The van der Waals surface area contributed by atoms with Crippen molar-refractivity contribution in [3.8, 4) is 0 Å². The molecule has 0 aliphatic carbocycles. The van der Waals surface area contributed by atoms with Gasteiger partial charge in [-0.3, -0.25) is 9.69 Å². The van der Waals surface area contributed by atoms with E-state index in [4.69, 9.17) is 0 Å². The van der Waals surface area contributed by atoms with E-state index in [0.717, 1.165) is 48.3 Å². The van der Waals surface area contributed by atoms with Gasteiger partial charge in [-0.05, 0) is 50.2 Å². The number of carbonyl (C=O) groups excluding carboxylic acids is 1. The largest absolute Gasteiger partial charge is 0.325 e. The summed E-state index contributed by atoms with van der Waals surface area (Å²) < 4.78 is 1.06. The molecule has 1 aliphatic heterocycles. The number of rotatable bonds is 3. The third kappa shape index (κ3) is 5.40. The molecule has 0 bridgehead atoms. The van der Waals surface area contributed by atoms with E-state index in [1.807, 2.05) is 25.1 Å². The van der Waals surface area contributed by atoms with Gasteiger partial charge in [-0.1, -0.05) is 15.9 Å². The smallest absolute Gasteiger partial charge is 0.238 e. The lowest BCUT2D eigenvalue weighted by Crippen LogP contribution is -2.35. The first kappa shape index (κ1) is 17.4. The molecule has 1 saturated heterocycles. The summed E-state index contributed by atoms with van der Waals surface area (Å²) in [6, 6.07) is 5.85. The number of benzene rings is 1. The fraction of sp³-hybridized carbons (Fsp3) is 0.500. The molecule has 2 N–H and O–H groups in total. The Morgan fingerprint density at radius 2 is 2.20 bits per heavy atom. The van der Waals surface area contributed by atoms with Crippen LogP contribution >= 0.6 is 28.3 Å². The molecule has 1 aromatic carbocycles. The summed E-state index contributed by atoms with van der Waals surface area (Å²) >= 11 is 3.46. The van der Waals surface area contributed by atoms with E-state index in [-0.39, 0.29) is 18.3 Å². The first-order valence-electron chi connectivity index (χ1n) is 6.64. The number of nitrogens with one attached hydrogen (secondary N) is 2. The highest BCUT2D eigenvalue weighted by Crippen LogP contribution is 2.19. The zero-order chi connectivity index (χ0) is 13.7. The maximum Gasteiger partial charge on any atom is 0.238 e. The van der Waals surface area contributed by atoms with Crippen molar-refractivity contribution in [1.29, 1.82) is 0 Å². The molecule has 1 aliphatic rings. The van der Waals surface area contributed by atoms with Crippen molar-refractivity contribution in [2.24, 2.45) is 0 Å². The molecule has 0 saturated carbocycles. The summed E-state index contributed by atoms with van der Waals surface area (Å²) in [6.45, 7) is 6.41. The zero-order valence-electron chi connectivity index (χ0n) is 11.6. The summed E-state index contributed by atoms with van der Waals surface area (Å²) in [5, 5.41) is 6.29. The lowest BCUT2D eigenvalue weighted by molar-refractivity contribution is -0.117. The Labute approximate surface area is 134 Å². The van der Waals surface area contributed by atoms with Gasteiger partial charge in [0.2, 0.25) is 5.91 Å². The Hall–Kier alpha value is -0.620. The van der Waals surface area contributed by atoms with E-state index in [0.29, 0.717) is 6.54 Å². The highest BCUT2D eigenvalue weighted by Gasteiger charge is 2.12. The van der Waals surface area contributed by atoms with E-state index >= 15 is 0 Å². The minimum Gasteiger partial charge on any atom is -0.325 e. The van der Waals surface area contributed by atoms with Gasteiger partial charge in [0.1, 0.15) is 0 Å².